The molecule has 1 aliphatic rings. The Bertz CT molecular complexity index is 1300. The fraction of sp³-hybridized carbons (Fsp3) is 0.154. The molecule has 0 saturated carbocycles. The zero-order chi connectivity index (χ0) is 24.4. The summed E-state index contributed by atoms with van der Waals surface area (Å²) in [5.74, 6) is 0.254. The number of aryl methyl sites for hydroxylation is 2. The van der Waals surface area contributed by atoms with Gasteiger partial charge in [0.25, 0.3) is 11.8 Å². The van der Waals surface area contributed by atoms with E-state index in [0.29, 0.717) is 27.9 Å². The van der Waals surface area contributed by atoms with Gasteiger partial charge in [-0.1, -0.05) is 41.1 Å². The van der Waals surface area contributed by atoms with Crippen molar-refractivity contribution in [2.45, 2.75) is 18.7 Å². The van der Waals surface area contributed by atoms with Crippen molar-refractivity contribution in [3.05, 3.63) is 87.4 Å². The van der Waals surface area contributed by atoms with Gasteiger partial charge in [-0.3, -0.25) is 9.59 Å². The van der Waals surface area contributed by atoms with Gasteiger partial charge in [0.15, 0.2) is 0 Å². The van der Waals surface area contributed by atoms with E-state index in [0.717, 1.165) is 16.0 Å². The van der Waals surface area contributed by atoms with Crippen LogP contribution >= 0.6 is 23.4 Å². The second kappa shape index (κ2) is 9.83. The molecule has 34 heavy (non-hydrogen) atoms. The normalized spacial score (nSPS) is 13.5. The van der Waals surface area contributed by atoms with Crippen molar-refractivity contribution in [1.82, 2.24) is 0 Å². The van der Waals surface area contributed by atoms with Gasteiger partial charge in [0.1, 0.15) is 22.1 Å². The number of benzene rings is 3. The highest BCUT2D eigenvalue weighted by molar-refractivity contribution is 8.04. The van der Waals surface area contributed by atoms with Gasteiger partial charge in [0, 0.05) is 16.0 Å². The molecule has 0 saturated heterocycles. The van der Waals surface area contributed by atoms with Crippen LogP contribution in [0.1, 0.15) is 11.1 Å². The van der Waals surface area contributed by atoms with E-state index < -0.39 is 11.8 Å². The van der Waals surface area contributed by atoms with Gasteiger partial charge in [-0.15, -0.1) is 0 Å². The number of imide groups is 1. The number of anilines is 2. The summed E-state index contributed by atoms with van der Waals surface area (Å²) in [5, 5.41) is 3.73. The maximum atomic E-state index is 13.6. The Kier molecular flexibility index (Phi) is 6.86. The smallest absolute Gasteiger partial charge is 0.283 e. The van der Waals surface area contributed by atoms with Crippen molar-refractivity contribution < 1.29 is 19.1 Å². The van der Waals surface area contributed by atoms with E-state index in [1.54, 1.807) is 43.5 Å². The van der Waals surface area contributed by atoms with Gasteiger partial charge >= 0.3 is 0 Å². The highest BCUT2D eigenvalue weighted by Crippen LogP contribution is 2.40. The summed E-state index contributed by atoms with van der Waals surface area (Å²) in [5.41, 5.74) is 3.14. The Morgan fingerprint density at radius 2 is 1.62 bits per heavy atom. The van der Waals surface area contributed by atoms with E-state index in [2.05, 4.69) is 5.32 Å². The second-order valence-corrected chi connectivity index (χ2v) is 9.21. The van der Waals surface area contributed by atoms with Gasteiger partial charge in [-0.25, -0.2) is 4.90 Å². The first kappa shape index (κ1) is 23.7. The van der Waals surface area contributed by atoms with Crippen molar-refractivity contribution in [2.75, 3.05) is 24.4 Å². The van der Waals surface area contributed by atoms with Crippen LogP contribution in [-0.2, 0) is 9.59 Å². The topological polar surface area (TPSA) is 67.9 Å². The number of hydrogen-bond acceptors (Lipinski definition) is 6. The van der Waals surface area contributed by atoms with Crippen LogP contribution in [0, 0.1) is 13.8 Å². The summed E-state index contributed by atoms with van der Waals surface area (Å²) in [4.78, 5) is 29.5. The van der Waals surface area contributed by atoms with Gasteiger partial charge in [-0.05, 0) is 61.9 Å². The highest BCUT2D eigenvalue weighted by atomic mass is 35.5. The van der Waals surface area contributed by atoms with Crippen LogP contribution in [0.15, 0.2) is 76.2 Å². The number of amides is 2. The van der Waals surface area contributed by atoms with E-state index in [1.165, 1.54) is 23.8 Å². The minimum absolute atomic E-state index is 0.174. The van der Waals surface area contributed by atoms with Gasteiger partial charge < -0.3 is 14.8 Å². The molecule has 0 spiro atoms. The molecule has 6 nitrogen and oxygen atoms in total. The molecule has 1 aliphatic heterocycles. The Morgan fingerprint density at radius 3 is 2.26 bits per heavy atom. The molecule has 1 N–H and O–H groups in total. The summed E-state index contributed by atoms with van der Waals surface area (Å²) < 4.78 is 10.7. The van der Waals surface area contributed by atoms with E-state index >= 15 is 0 Å². The van der Waals surface area contributed by atoms with Gasteiger partial charge in [-0.2, -0.15) is 0 Å². The molecule has 8 heteroatoms. The van der Waals surface area contributed by atoms with Gasteiger partial charge in [0.05, 0.1) is 25.6 Å². The number of rotatable bonds is 7. The van der Waals surface area contributed by atoms with Crippen LogP contribution < -0.4 is 19.7 Å². The number of halogens is 1. The number of thioether (sulfide) groups is 1. The predicted octanol–water partition coefficient (Wildman–Crippen LogP) is 5.96. The number of carbonyl (C=O) groups excluding carboxylic acids is 2. The number of nitrogens with zero attached hydrogens (tertiary/aromatic N) is 1. The first-order valence-electron chi connectivity index (χ1n) is 10.4. The fourth-order valence-electron chi connectivity index (χ4n) is 3.65. The Labute approximate surface area is 207 Å². The Balaban J connectivity index is 1.78. The summed E-state index contributed by atoms with van der Waals surface area (Å²) >= 11 is 7.23. The lowest BCUT2D eigenvalue weighted by molar-refractivity contribution is -0.120. The highest BCUT2D eigenvalue weighted by Gasteiger charge is 2.41. The molecule has 0 atom stereocenters. The van der Waals surface area contributed by atoms with Crippen LogP contribution in [-0.4, -0.2) is 26.0 Å². The van der Waals surface area contributed by atoms with Crippen molar-refractivity contribution >= 4 is 46.6 Å². The molecular formula is C26H23ClN2O4S. The third kappa shape index (κ3) is 4.62. The minimum atomic E-state index is -0.439. The zero-order valence-electron chi connectivity index (χ0n) is 19.1. The summed E-state index contributed by atoms with van der Waals surface area (Å²) in [6, 6.07) is 17.9. The minimum Gasteiger partial charge on any atom is -0.497 e. The molecule has 0 unspecified atom stereocenters. The number of ether oxygens (including phenoxy) is 2. The number of methoxy groups -OCH3 is 2. The van der Waals surface area contributed by atoms with E-state index in [1.807, 2.05) is 38.1 Å². The molecule has 0 bridgehead atoms. The average Bonchev–Trinajstić information content (AvgIpc) is 3.05. The van der Waals surface area contributed by atoms with Crippen LogP contribution in [0.3, 0.4) is 0 Å². The molecular weight excluding hydrogens is 472 g/mol. The van der Waals surface area contributed by atoms with Crippen molar-refractivity contribution in [1.29, 1.82) is 0 Å². The van der Waals surface area contributed by atoms with Crippen molar-refractivity contribution in [3.63, 3.8) is 0 Å². The molecule has 3 aromatic rings. The first-order chi connectivity index (χ1) is 16.3. The molecule has 4 rings (SSSR count). The number of hydrogen-bond donors (Lipinski definition) is 1. The maximum Gasteiger partial charge on any atom is 0.283 e. The largest absolute Gasteiger partial charge is 0.497 e. The standard InChI is InChI=1S/C26H23ClN2O4S/c1-15-5-12-21(16(2)13-15)29-25(30)23(28-20-11-8-18(32-3)14-22(20)33-4)24(26(29)31)34-19-9-6-17(27)7-10-19/h5-14,28H,1-4H3. The fourth-order valence-corrected chi connectivity index (χ4v) is 4.70. The van der Waals surface area contributed by atoms with E-state index in [-0.39, 0.29) is 10.6 Å². The molecule has 0 aliphatic carbocycles. The maximum absolute atomic E-state index is 13.6. The third-order valence-corrected chi connectivity index (χ3v) is 6.68. The molecule has 1 heterocycles. The van der Waals surface area contributed by atoms with E-state index in [9.17, 15) is 9.59 Å². The molecule has 0 fully saturated rings. The lowest BCUT2D eigenvalue weighted by Gasteiger charge is -2.18. The van der Waals surface area contributed by atoms with Crippen molar-refractivity contribution in [2.24, 2.45) is 0 Å². The first-order valence-corrected chi connectivity index (χ1v) is 11.6. The lowest BCUT2D eigenvalue weighted by Crippen LogP contribution is -2.33. The number of nitrogens with one attached hydrogen (secondary N) is 1. The monoisotopic (exact) mass is 494 g/mol. The molecule has 3 aromatic carbocycles. The Morgan fingerprint density at radius 1 is 0.882 bits per heavy atom. The SMILES string of the molecule is COc1ccc(NC2=C(Sc3ccc(Cl)cc3)C(=O)N(c3ccc(C)cc3C)C2=O)c(OC)c1. The second-order valence-electron chi connectivity index (χ2n) is 7.69. The molecule has 0 radical (unpaired) electrons. The van der Waals surface area contributed by atoms with Crippen LogP contribution in [0.4, 0.5) is 11.4 Å². The quantitative estimate of drug-likeness (QED) is 0.408. The predicted molar refractivity (Wildman–Crippen MR) is 136 cm³/mol. The summed E-state index contributed by atoms with van der Waals surface area (Å²) in [6.45, 7) is 3.85. The number of carbonyl (C=O) groups is 2. The zero-order valence-corrected chi connectivity index (χ0v) is 20.7. The lowest BCUT2D eigenvalue weighted by atomic mass is 10.1. The third-order valence-electron chi connectivity index (χ3n) is 5.34. The molecule has 2 amide bonds. The van der Waals surface area contributed by atoms with E-state index in [4.69, 9.17) is 21.1 Å². The van der Waals surface area contributed by atoms with Crippen LogP contribution in [0.2, 0.25) is 5.02 Å². The average molecular weight is 495 g/mol. The summed E-state index contributed by atoms with van der Waals surface area (Å²) in [7, 11) is 3.09. The summed E-state index contributed by atoms with van der Waals surface area (Å²) in [6.07, 6.45) is 0. The van der Waals surface area contributed by atoms with Crippen LogP contribution in [0.25, 0.3) is 0 Å². The van der Waals surface area contributed by atoms with Crippen LogP contribution in [0.5, 0.6) is 11.5 Å². The molecule has 0 aromatic heterocycles. The van der Waals surface area contributed by atoms with Gasteiger partial charge in [0.2, 0.25) is 0 Å². The van der Waals surface area contributed by atoms with Crippen molar-refractivity contribution in [3.8, 4) is 11.5 Å². The molecule has 174 valence electrons. The Hall–Kier alpha value is -3.42.